The summed E-state index contributed by atoms with van der Waals surface area (Å²) >= 11 is 6.19. The van der Waals surface area contributed by atoms with Crippen LogP contribution in [0.1, 0.15) is 31.2 Å². The monoisotopic (exact) mass is 283 g/mol. The van der Waals surface area contributed by atoms with Crippen molar-refractivity contribution >= 4 is 11.6 Å². The molecule has 1 aromatic rings. The fourth-order valence-corrected chi connectivity index (χ4v) is 3.02. The van der Waals surface area contributed by atoms with Crippen LogP contribution in [0.3, 0.4) is 0 Å². The number of methoxy groups -OCH3 is 2. The number of nitrogens with one attached hydrogen (secondary N) is 1. The van der Waals surface area contributed by atoms with Gasteiger partial charge in [-0.05, 0) is 43.0 Å². The molecular weight excluding hydrogens is 262 g/mol. The quantitative estimate of drug-likeness (QED) is 0.865. The Labute approximate surface area is 120 Å². The van der Waals surface area contributed by atoms with Gasteiger partial charge in [-0.15, -0.1) is 0 Å². The summed E-state index contributed by atoms with van der Waals surface area (Å²) in [6, 6.07) is 3.91. The molecule has 0 unspecified atom stereocenters. The Morgan fingerprint density at radius 1 is 1.21 bits per heavy atom. The molecule has 2 rings (SSSR count). The van der Waals surface area contributed by atoms with E-state index < -0.39 is 0 Å². The van der Waals surface area contributed by atoms with Crippen LogP contribution < -0.4 is 14.8 Å². The Morgan fingerprint density at radius 2 is 1.95 bits per heavy atom. The van der Waals surface area contributed by atoms with Crippen molar-refractivity contribution in [2.75, 3.05) is 20.8 Å². The molecule has 1 aliphatic carbocycles. The summed E-state index contributed by atoms with van der Waals surface area (Å²) in [6.45, 7) is 1.91. The number of halogens is 1. The van der Waals surface area contributed by atoms with E-state index in [0.717, 1.165) is 24.6 Å². The standard InChI is InChI=1S/C15H22ClNO2/c1-18-14-8-12(7-13(16)15(14)19-2)10-17-9-11-5-3-4-6-11/h7-8,11,17H,3-6,9-10H2,1-2H3. The van der Waals surface area contributed by atoms with Crippen LogP contribution in [0.15, 0.2) is 12.1 Å². The van der Waals surface area contributed by atoms with Crippen molar-refractivity contribution in [2.45, 2.75) is 32.2 Å². The van der Waals surface area contributed by atoms with Gasteiger partial charge in [0.25, 0.3) is 0 Å². The SMILES string of the molecule is COc1cc(CNCC2CCCC2)cc(Cl)c1OC. The Hall–Kier alpha value is -0.930. The third-order valence-corrected chi connectivity index (χ3v) is 4.01. The van der Waals surface area contributed by atoms with Gasteiger partial charge in [0.1, 0.15) is 0 Å². The Balaban J connectivity index is 1.94. The molecule has 0 aromatic heterocycles. The highest BCUT2D eigenvalue weighted by Gasteiger charge is 2.15. The van der Waals surface area contributed by atoms with Crippen molar-refractivity contribution in [3.05, 3.63) is 22.7 Å². The third-order valence-electron chi connectivity index (χ3n) is 3.73. The average molecular weight is 284 g/mol. The van der Waals surface area contributed by atoms with Gasteiger partial charge in [0.2, 0.25) is 0 Å². The lowest BCUT2D eigenvalue weighted by molar-refractivity contribution is 0.354. The Bertz CT molecular complexity index is 417. The molecule has 1 N–H and O–H groups in total. The second-order valence-electron chi connectivity index (χ2n) is 5.09. The number of ether oxygens (including phenoxy) is 2. The molecule has 4 heteroatoms. The van der Waals surface area contributed by atoms with Crippen molar-refractivity contribution in [3.8, 4) is 11.5 Å². The molecule has 0 aliphatic heterocycles. The maximum Gasteiger partial charge on any atom is 0.179 e. The summed E-state index contributed by atoms with van der Waals surface area (Å²) in [7, 11) is 3.23. The molecule has 3 nitrogen and oxygen atoms in total. The van der Waals surface area contributed by atoms with Crippen LogP contribution in [0.25, 0.3) is 0 Å². The second kappa shape index (κ2) is 7.01. The minimum Gasteiger partial charge on any atom is -0.493 e. The van der Waals surface area contributed by atoms with Gasteiger partial charge in [0, 0.05) is 6.54 Å². The highest BCUT2D eigenvalue weighted by Crippen LogP contribution is 2.36. The molecule has 1 aliphatic rings. The van der Waals surface area contributed by atoms with E-state index in [1.807, 2.05) is 12.1 Å². The lowest BCUT2D eigenvalue weighted by Gasteiger charge is -2.14. The molecule has 1 fully saturated rings. The largest absolute Gasteiger partial charge is 0.493 e. The van der Waals surface area contributed by atoms with Crippen molar-refractivity contribution in [3.63, 3.8) is 0 Å². The molecule has 1 aromatic carbocycles. The van der Waals surface area contributed by atoms with E-state index in [1.165, 1.54) is 25.7 Å². The molecule has 0 spiro atoms. The van der Waals surface area contributed by atoms with E-state index in [4.69, 9.17) is 21.1 Å². The van der Waals surface area contributed by atoms with E-state index in [2.05, 4.69) is 5.32 Å². The maximum absolute atomic E-state index is 6.19. The van der Waals surface area contributed by atoms with Crippen molar-refractivity contribution in [1.29, 1.82) is 0 Å². The summed E-state index contributed by atoms with van der Waals surface area (Å²) in [5, 5.41) is 4.10. The van der Waals surface area contributed by atoms with Gasteiger partial charge in [-0.2, -0.15) is 0 Å². The molecule has 0 radical (unpaired) electrons. The first-order valence-electron chi connectivity index (χ1n) is 6.85. The minimum absolute atomic E-state index is 0.597. The predicted octanol–water partition coefficient (Wildman–Crippen LogP) is 3.64. The smallest absolute Gasteiger partial charge is 0.179 e. The number of hydrogen-bond donors (Lipinski definition) is 1. The molecule has 0 heterocycles. The fourth-order valence-electron chi connectivity index (χ4n) is 2.71. The first kappa shape index (κ1) is 14.5. The zero-order chi connectivity index (χ0) is 13.7. The number of rotatable bonds is 6. The molecular formula is C15H22ClNO2. The van der Waals surface area contributed by atoms with Crippen LogP contribution in [-0.4, -0.2) is 20.8 Å². The topological polar surface area (TPSA) is 30.5 Å². The summed E-state index contributed by atoms with van der Waals surface area (Å²) in [5.74, 6) is 2.13. The summed E-state index contributed by atoms with van der Waals surface area (Å²) in [4.78, 5) is 0. The van der Waals surface area contributed by atoms with Crippen LogP contribution in [-0.2, 0) is 6.54 Å². The van der Waals surface area contributed by atoms with Crippen LogP contribution in [0.5, 0.6) is 11.5 Å². The van der Waals surface area contributed by atoms with Gasteiger partial charge in [0.05, 0.1) is 19.2 Å². The summed E-state index contributed by atoms with van der Waals surface area (Å²) in [6.07, 6.45) is 5.49. The second-order valence-corrected chi connectivity index (χ2v) is 5.50. The molecule has 19 heavy (non-hydrogen) atoms. The van der Waals surface area contributed by atoms with E-state index in [9.17, 15) is 0 Å². The lowest BCUT2D eigenvalue weighted by Crippen LogP contribution is -2.20. The first-order valence-corrected chi connectivity index (χ1v) is 7.23. The summed E-state index contributed by atoms with van der Waals surface area (Å²) < 4.78 is 10.5. The van der Waals surface area contributed by atoms with Crippen LogP contribution >= 0.6 is 11.6 Å². The molecule has 106 valence electrons. The van der Waals surface area contributed by atoms with Gasteiger partial charge >= 0.3 is 0 Å². The van der Waals surface area contributed by atoms with E-state index in [1.54, 1.807) is 14.2 Å². The van der Waals surface area contributed by atoms with E-state index in [-0.39, 0.29) is 0 Å². The van der Waals surface area contributed by atoms with Gasteiger partial charge in [-0.25, -0.2) is 0 Å². The Kier molecular flexibility index (Phi) is 5.34. The zero-order valence-corrected chi connectivity index (χ0v) is 12.4. The van der Waals surface area contributed by atoms with Gasteiger partial charge in [0.15, 0.2) is 11.5 Å². The molecule has 1 saturated carbocycles. The van der Waals surface area contributed by atoms with Crippen LogP contribution in [0.2, 0.25) is 5.02 Å². The van der Waals surface area contributed by atoms with Crippen LogP contribution in [0.4, 0.5) is 0 Å². The number of hydrogen-bond acceptors (Lipinski definition) is 3. The van der Waals surface area contributed by atoms with E-state index in [0.29, 0.717) is 16.5 Å². The fraction of sp³-hybridized carbons (Fsp3) is 0.600. The molecule has 0 amide bonds. The normalized spacial score (nSPS) is 15.7. The zero-order valence-electron chi connectivity index (χ0n) is 11.7. The van der Waals surface area contributed by atoms with E-state index >= 15 is 0 Å². The predicted molar refractivity (Wildman–Crippen MR) is 78.2 cm³/mol. The maximum atomic E-state index is 6.19. The number of benzene rings is 1. The average Bonchev–Trinajstić information content (AvgIpc) is 2.91. The van der Waals surface area contributed by atoms with Gasteiger partial charge in [-0.3, -0.25) is 0 Å². The third kappa shape index (κ3) is 3.77. The highest BCUT2D eigenvalue weighted by atomic mass is 35.5. The molecule has 0 atom stereocenters. The lowest BCUT2D eigenvalue weighted by atomic mass is 10.1. The molecule has 0 bridgehead atoms. The minimum atomic E-state index is 0.597. The van der Waals surface area contributed by atoms with Crippen LogP contribution in [0, 0.1) is 5.92 Å². The van der Waals surface area contributed by atoms with Gasteiger partial charge < -0.3 is 14.8 Å². The van der Waals surface area contributed by atoms with Gasteiger partial charge in [-0.1, -0.05) is 24.4 Å². The first-order chi connectivity index (χ1) is 9.24. The van der Waals surface area contributed by atoms with Crippen molar-refractivity contribution in [1.82, 2.24) is 5.32 Å². The molecule has 0 saturated heterocycles. The van der Waals surface area contributed by atoms with Crippen molar-refractivity contribution in [2.24, 2.45) is 5.92 Å². The Morgan fingerprint density at radius 3 is 2.58 bits per heavy atom. The summed E-state index contributed by atoms with van der Waals surface area (Å²) in [5.41, 5.74) is 1.13. The highest BCUT2D eigenvalue weighted by molar-refractivity contribution is 6.32. The van der Waals surface area contributed by atoms with Crippen molar-refractivity contribution < 1.29 is 9.47 Å².